The van der Waals surface area contributed by atoms with E-state index in [9.17, 15) is 9.59 Å². The lowest BCUT2D eigenvalue weighted by molar-refractivity contribution is -0.126. The molecule has 0 bridgehead atoms. The topological polar surface area (TPSA) is 71.8 Å². The number of furan rings is 1. The number of nitrogens with one attached hydrogen (secondary N) is 1. The van der Waals surface area contributed by atoms with E-state index in [2.05, 4.69) is 5.32 Å². The molecule has 148 valence electrons. The van der Waals surface area contributed by atoms with Gasteiger partial charge in [-0.1, -0.05) is 31.0 Å². The fourth-order valence-corrected chi connectivity index (χ4v) is 4.86. The van der Waals surface area contributed by atoms with E-state index in [1.165, 1.54) is 0 Å². The van der Waals surface area contributed by atoms with Crippen LogP contribution in [0.5, 0.6) is 0 Å². The first kappa shape index (κ1) is 18.7. The number of benzene rings is 1. The highest BCUT2D eigenvalue weighted by atomic mass is 16.5. The fourth-order valence-electron chi connectivity index (χ4n) is 4.86. The Kier molecular flexibility index (Phi) is 5.22. The molecule has 4 rings (SSSR count). The van der Waals surface area contributed by atoms with Crippen LogP contribution in [0.2, 0.25) is 0 Å². The lowest BCUT2D eigenvalue weighted by Gasteiger charge is -2.50. The maximum atomic E-state index is 13.4. The van der Waals surface area contributed by atoms with Crippen molar-refractivity contribution in [3.63, 3.8) is 0 Å². The molecule has 28 heavy (non-hydrogen) atoms. The minimum absolute atomic E-state index is 0.00429. The largest absolute Gasteiger partial charge is 0.467 e. The highest BCUT2D eigenvalue weighted by molar-refractivity contribution is 6.02. The molecule has 1 atom stereocenters. The second-order valence-electron chi connectivity index (χ2n) is 7.58. The first-order valence-corrected chi connectivity index (χ1v) is 9.87. The van der Waals surface area contributed by atoms with Crippen LogP contribution in [0.3, 0.4) is 0 Å². The van der Waals surface area contributed by atoms with Crippen molar-refractivity contribution in [2.75, 3.05) is 20.3 Å². The molecule has 2 heterocycles. The lowest BCUT2D eigenvalue weighted by Crippen LogP contribution is -2.61. The molecule has 0 radical (unpaired) electrons. The summed E-state index contributed by atoms with van der Waals surface area (Å²) < 4.78 is 10.6. The third kappa shape index (κ3) is 3.11. The van der Waals surface area contributed by atoms with Crippen molar-refractivity contribution in [1.29, 1.82) is 0 Å². The van der Waals surface area contributed by atoms with Gasteiger partial charge >= 0.3 is 0 Å². The average molecular weight is 382 g/mol. The Balaban J connectivity index is 1.72. The molecule has 2 aromatic rings. The maximum absolute atomic E-state index is 13.4. The third-order valence-corrected chi connectivity index (χ3v) is 6.09. The van der Waals surface area contributed by atoms with Crippen LogP contribution < -0.4 is 5.32 Å². The first-order chi connectivity index (χ1) is 13.7. The van der Waals surface area contributed by atoms with Crippen molar-refractivity contribution in [2.24, 2.45) is 0 Å². The van der Waals surface area contributed by atoms with Gasteiger partial charge in [-0.15, -0.1) is 0 Å². The van der Waals surface area contributed by atoms with Gasteiger partial charge in [-0.3, -0.25) is 9.59 Å². The van der Waals surface area contributed by atoms with Crippen LogP contribution >= 0.6 is 0 Å². The molecule has 1 spiro atoms. The molecule has 1 fully saturated rings. The molecular formula is C22H26N2O4. The average Bonchev–Trinajstić information content (AvgIpc) is 3.39. The fraction of sp³-hybridized carbons (Fsp3) is 0.455. The number of methoxy groups -OCH3 is 1. The van der Waals surface area contributed by atoms with Gasteiger partial charge in [0.05, 0.1) is 30.9 Å². The van der Waals surface area contributed by atoms with Crippen LogP contribution in [0.1, 0.15) is 53.3 Å². The van der Waals surface area contributed by atoms with Crippen molar-refractivity contribution in [1.82, 2.24) is 10.2 Å². The standard InChI is InChI=1S/C22H26N2O4/c1-27-14-12-24-21(26)18-9-3-2-8-17(18)19(22(24)10-4-5-11-22)20(25)23-15-16-7-6-13-28-16/h2-3,6-9,13,19H,4-5,10-12,14-15H2,1H3,(H,23,25)/t19-/m1/s1. The molecule has 1 N–H and O–H groups in total. The van der Waals surface area contributed by atoms with Gasteiger partial charge < -0.3 is 19.4 Å². The van der Waals surface area contributed by atoms with Crippen LogP contribution in [-0.2, 0) is 16.1 Å². The molecule has 2 amide bonds. The monoisotopic (exact) mass is 382 g/mol. The van der Waals surface area contributed by atoms with Crippen molar-refractivity contribution >= 4 is 11.8 Å². The zero-order chi connectivity index (χ0) is 19.6. The predicted molar refractivity (Wildman–Crippen MR) is 104 cm³/mol. The van der Waals surface area contributed by atoms with Crippen LogP contribution in [0.25, 0.3) is 0 Å². The molecule has 6 nitrogen and oxygen atoms in total. The van der Waals surface area contributed by atoms with E-state index in [0.29, 0.717) is 31.0 Å². The predicted octanol–water partition coefficient (Wildman–Crippen LogP) is 3.09. The van der Waals surface area contributed by atoms with Crippen molar-refractivity contribution in [2.45, 2.75) is 43.7 Å². The summed E-state index contributed by atoms with van der Waals surface area (Å²) >= 11 is 0. The summed E-state index contributed by atoms with van der Waals surface area (Å²) in [6.45, 7) is 1.29. The summed E-state index contributed by atoms with van der Waals surface area (Å²) in [5.41, 5.74) is 0.964. The van der Waals surface area contributed by atoms with E-state index in [-0.39, 0.29) is 11.8 Å². The number of carbonyl (C=O) groups excluding carboxylic acids is 2. The highest BCUT2D eigenvalue weighted by Crippen LogP contribution is 2.50. The normalized spacial score (nSPS) is 20.4. The quantitative estimate of drug-likeness (QED) is 0.833. The molecule has 1 aromatic heterocycles. The van der Waals surface area contributed by atoms with Crippen LogP contribution in [0.4, 0.5) is 0 Å². The van der Waals surface area contributed by atoms with Crippen LogP contribution in [0.15, 0.2) is 47.1 Å². The van der Waals surface area contributed by atoms with Gasteiger partial charge in [0.25, 0.3) is 5.91 Å². The summed E-state index contributed by atoms with van der Waals surface area (Å²) in [6, 6.07) is 11.2. The molecule has 0 unspecified atom stereocenters. The number of amides is 2. The summed E-state index contributed by atoms with van der Waals surface area (Å²) in [6.07, 6.45) is 5.29. The van der Waals surface area contributed by atoms with Crippen molar-refractivity contribution in [3.05, 3.63) is 59.5 Å². The van der Waals surface area contributed by atoms with Gasteiger partial charge in [0.15, 0.2) is 0 Å². The van der Waals surface area contributed by atoms with Gasteiger partial charge in [-0.25, -0.2) is 0 Å². The number of fused-ring (bicyclic) bond motifs is 1. The Hall–Kier alpha value is -2.60. The summed E-state index contributed by atoms with van der Waals surface area (Å²) in [5, 5.41) is 3.04. The SMILES string of the molecule is COCCN1C(=O)c2ccccc2[C@H](C(=O)NCc2ccco2)C12CCCC2. The molecule has 1 saturated carbocycles. The summed E-state index contributed by atoms with van der Waals surface area (Å²) in [4.78, 5) is 28.6. The van der Waals surface area contributed by atoms with E-state index in [0.717, 1.165) is 31.2 Å². The minimum Gasteiger partial charge on any atom is -0.467 e. The zero-order valence-corrected chi connectivity index (χ0v) is 16.1. The second kappa shape index (κ2) is 7.80. The Morgan fingerprint density at radius 3 is 2.75 bits per heavy atom. The van der Waals surface area contributed by atoms with E-state index < -0.39 is 11.5 Å². The van der Waals surface area contributed by atoms with E-state index in [1.54, 1.807) is 19.4 Å². The number of ether oxygens (including phenoxy) is 1. The lowest BCUT2D eigenvalue weighted by atomic mass is 9.71. The molecule has 1 aliphatic heterocycles. The zero-order valence-electron chi connectivity index (χ0n) is 16.1. The van der Waals surface area contributed by atoms with Crippen LogP contribution in [0, 0.1) is 0 Å². The number of carbonyl (C=O) groups is 2. The molecule has 6 heteroatoms. The number of hydrogen-bond donors (Lipinski definition) is 1. The van der Waals surface area contributed by atoms with E-state index in [4.69, 9.17) is 9.15 Å². The number of rotatable bonds is 6. The minimum atomic E-state index is -0.489. The third-order valence-electron chi connectivity index (χ3n) is 6.09. The Labute approximate surface area is 164 Å². The molecule has 1 aliphatic carbocycles. The Bertz CT molecular complexity index is 840. The Morgan fingerprint density at radius 2 is 2.04 bits per heavy atom. The number of nitrogens with zero attached hydrogens (tertiary/aromatic N) is 1. The van der Waals surface area contributed by atoms with Gasteiger partial charge in [-0.05, 0) is 36.6 Å². The molecule has 0 saturated heterocycles. The van der Waals surface area contributed by atoms with Gasteiger partial charge in [0.2, 0.25) is 5.91 Å². The van der Waals surface area contributed by atoms with Crippen LogP contribution in [-0.4, -0.2) is 42.5 Å². The number of hydrogen-bond acceptors (Lipinski definition) is 4. The van der Waals surface area contributed by atoms with Gasteiger partial charge in [-0.2, -0.15) is 0 Å². The molecule has 2 aliphatic rings. The van der Waals surface area contributed by atoms with Gasteiger partial charge in [0.1, 0.15) is 5.76 Å². The molecular weight excluding hydrogens is 356 g/mol. The second-order valence-corrected chi connectivity index (χ2v) is 7.58. The Morgan fingerprint density at radius 1 is 1.25 bits per heavy atom. The van der Waals surface area contributed by atoms with Crippen molar-refractivity contribution < 1.29 is 18.7 Å². The smallest absolute Gasteiger partial charge is 0.254 e. The molecule has 1 aromatic carbocycles. The maximum Gasteiger partial charge on any atom is 0.254 e. The highest BCUT2D eigenvalue weighted by Gasteiger charge is 2.55. The van der Waals surface area contributed by atoms with E-state index >= 15 is 0 Å². The summed E-state index contributed by atoms with van der Waals surface area (Å²) in [5.74, 6) is 0.270. The van der Waals surface area contributed by atoms with Crippen molar-refractivity contribution in [3.8, 4) is 0 Å². The summed E-state index contributed by atoms with van der Waals surface area (Å²) in [7, 11) is 1.64. The van der Waals surface area contributed by atoms with E-state index in [1.807, 2.05) is 35.2 Å². The first-order valence-electron chi connectivity index (χ1n) is 9.87. The van der Waals surface area contributed by atoms with Gasteiger partial charge in [0, 0.05) is 19.2 Å².